The predicted octanol–water partition coefficient (Wildman–Crippen LogP) is 4.55. The van der Waals surface area contributed by atoms with Crippen LogP contribution in [0.3, 0.4) is 0 Å². The SMILES string of the molecule is CCCCN(CCCC)CC(C)C(=O)c1ccccc1F. The summed E-state index contributed by atoms with van der Waals surface area (Å²) in [6, 6.07) is 6.27. The molecule has 1 aromatic rings. The van der Waals surface area contributed by atoms with Gasteiger partial charge in [0.15, 0.2) is 5.78 Å². The zero-order valence-corrected chi connectivity index (χ0v) is 13.6. The molecule has 0 saturated carbocycles. The van der Waals surface area contributed by atoms with Crippen LogP contribution in [0.2, 0.25) is 0 Å². The van der Waals surface area contributed by atoms with Crippen LogP contribution in [0.5, 0.6) is 0 Å². The molecule has 0 fully saturated rings. The largest absolute Gasteiger partial charge is 0.303 e. The molecule has 0 aliphatic rings. The Labute approximate surface area is 128 Å². The molecular formula is C18H28FNO. The van der Waals surface area contributed by atoms with E-state index in [1.54, 1.807) is 18.2 Å². The summed E-state index contributed by atoms with van der Waals surface area (Å²) < 4.78 is 13.7. The number of unbranched alkanes of at least 4 members (excludes halogenated alkanes) is 2. The first kappa shape index (κ1) is 17.8. The van der Waals surface area contributed by atoms with Crippen molar-refractivity contribution in [2.45, 2.75) is 46.5 Å². The van der Waals surface area contributed by atoms with E-state index < -0.39 is 5.82 Å². The summed E-state index contributed by atoms with van der Waals surface area (Å²) in [7, 11) is 0. The normalized spacial score (nSPS) is 12.6. The third-order valence-corrected chi connectivity index (χ3v) is 3.77. The highest BCUT2D eigenvalue weighted by molar-refractivity contribution is 5.98. The van der Waals surface area contributed by atoms with E-state index in [4.69, 9.17) is 0 Å². The van der Waals surface area contributed by atoms with Crippen molar-refractivity contribution in [1.82, 2.24) is 4.90 Å². The molecule has 0 aliphatic heterocycles. The summed E-state index contributed by atoms with van der Waals surface area (Å²) in [6.45, 7) is 9.00. The highest BCUT2D eigenvalue weighted by Gasteiger charge is 2.20. The fourth-order valence-electron chi connectivity index (χ4n) is 2.45. The Balaban J connectivity index is 2.64. The van der Waals surface area contributed by atoms with E-state index in [2.05, 4.69) is 18.7 Å². The number of nitrogens with zero attached hydrogens (tertiary/aromatic N) is 1. The Kier molecular flexibility index (Phi) is 8.21. The summed E-state index contributed by atoms with van der Waals surface area (Å²) in [5.74, 6) is -0.676. The van der Waals surface area contributed by atoms with Gasteiger partial charge < -0.3 is 4.90 Å². The van der Waals surface area contributed by atoms with Crippen molar-refractivity contribution in [1.29, 1.82) is 0 Å². The first-order valence-electron chi connectivity index (χ1n) is 8.11. The second-order valence-electron chi connectivity index (χ2n) is 5.75. The van der Waals surface area contributed by atoms with Crippen LogP contribution in [0.4, 0.5) is 4.39 Å². The lowest BCUT2D eigenvalue weighted by Crippen LogP contribution is -2.33. The first-order valence-corrected chi connectivity index (χ1v) is 8.11. The van der Waals surface area contributed by atoms with Crippen LogP contribution in [0.25, 0.3) is 0 Å². The van der Waals surface area contributed by atoms with E-state index in [0.29, 0.717) is 6.54 Å². The molecule has 0 aliphatic carbocycles. The molecule has 1 aromatic carbocycles. The third kappa shape index (κ3) is 5.96. The molecule has 0 heterocycles. The van der Waals surface area contributed by atoms with Crippen molar-refractivity contribution in [2.24, 2.45) is 5.92 Å². The minimum Gasteiger partial charge on any atom is -0.303 e. The molecule has 0 spiro atoms. The summed E-state index contributed by atoms with van der Waals surface area (Å²) in [5, 5.41) is 0. The van der Waals surface area contributed by atoms with E-state index in [1.807, 2.05) is 6.92 Å². The molecule has 0 amide bonds. The highest BCUT2D eigenvalue weighted by atomic mass is 19.1. The fraction of sp³-hybridized carbons (Fsp3) is 0.611. The molecule has 3 heteroatoms. The van der Waals surface area contributed by atoms with Gasteiger partial charge in [0.2, 0.25) is 0 Å². The molecule has 21 heavy (non-hydrogen) atoms. The number of halogens is 1. The van der Waals surface area contributed by atoms with E-state index in [9.17, 15) is 9.18 Å². The molecule has 2 nitrogen and oxygen atoms in total. The maximum absolute atomic E-state index is 13.7. The van der Waals surface area contributed by atoms with Crippen molar-refractivity contribution in [3.05, 3.63) is 35.6 Å². The Morgan fingerprint density at radius 3 is 2.24 bits per heavy atom. The number of carbonyl (C=O) groups excluding carboxylic acids is 1. The number of rotatable bonds is 10. The zero-order chi connectivity index (χ0) is 15.7. The Morgan fingerprint density at radius 2 is 1.71 bits per heavy atom. The number of carbonyl (C=O) groups is 1. The maximum atomic E-state index is 13.7. The van der Waals surface area contributed by atoms with Crippen molar-refractivity contribution < 1.29 is 9.18 Å². The van der Waals surface area contributed by atoms with Gasteiger partial charge in [-0.25, -0.2) is 4.39 Å². The van der Waals surface area contributed by atoms with Crippen LogP contribution >= 0.6 is 0 Å². The molecule has 1 atom stereocenters. The van der Waals surface area contributed by atoms with Crippen LogP contribution in [-0.2, 0) is 0 Å². The Morgan fingerprint density at radius 1 is 1.14 bits per heavy atom. The third-order valence-electron chi connectivity index (χ3n) is 3.77. The van der Waals surface area contributed by atoms with Crippen molar-refractivity contribution in [3.8, 4) is 0 Å². The highest BCUT2D eigenvalue weighted by Crippen LogP contribution is 2.14. The zero-order valence-electron chi connectivity index (χ0n) is 13.6. The molecular weight excluding hydrogens is 265 g/mol. The van der Waals surface area contributed by atoms with Crippen LogP contribution in [0, 0.1) is 11.7 Å². The van der Waals surface area contributed by atoms with Crippen molar-refractivity contribution in [2.75, 3.05) is 19.6 Å². The second kappa shape index (κ2) is 9.67. The van der Waals surface area contributed by atoms with E-state index in [0.717, 1.165) is 38.8 Å². The summed E-state index contributed by atoms with van der Waals surface area (Å²) in [4.78, 5) is 14.7. The topological polar surface area (TPSA) is 20.3 Å². The van der Waals surface area contributed by atoms with Crippen LogP contribution in [0.1, 0.15) is 56.8 Å². The Hall–Kier alpha value is -1.22. The minimum atomic E-state index is -0.414. The van der Waals surface area contributed by atoms with E-state index in [1.165, 1.54) is 6.07 Å². The lowest BCUT2D eigenvalue weighted by molar-refractivity contribution is 0.0888. The van der Waals surface area contributed by atoms with Gasteiger partial charge in [-0.1, -0.05) is 45.7 Å². The van der Waals surface area contributed by atoms with Gasteiger partial charge in [-0.3, -0.25) is 4.79 Å². The van der Waals surface area contributed by atoms with Crippen LogP contribution < -0.4 is 0 Å². The summed E-state index contributed by atoms with van der Waals surface area (Å²) >= 11 is 0. The average molecular weight is 293 g/mol. The van der Waals surface area contributed by atoms with E-state index in [-0.39, 0.29) is 17.3 Å². The molecule has 0 aromatic heterocycles. The van der Waals surface area contributed by atoms with Gasteiger partial charge in [0.25, 0.3) is 0 Å². The first-order chi connectivity index (χ1) is 10.1. The summed E-state index contributed by atoms with van der Waals surface area (Å²) in [5.41, 5.74) is 0.218. The van der Waals surface area contributed by atoms with Crippen LogP contribution in [0.15, 0.2) is 24.3 Å². The van der Waals surface area contributed by atoms with Crippen molar-refractivity contribution in [3.63, 3.8) is 0 Å². The van der Waals surface area contributed by atoms with E-state index >= 15 is 0 Å². The molecule has 1 unspecified atom stereocenters. The van der Waals surface area contributed by atoms with Gasteiger partial charge in [0.1, 0.15) is 5.82 Å². The van der Waals surface area contributed by atoms with Gasteiger partial charge in [0.05, 0.1) is 5.56 Å². The number of ketones is 1. The van der Waals surface area contributed by atoms with Gasteiger partial charge in [-0.15, -0.1) is 0 Å². The number of Topliss-reactive ketones (excluding diaryl/α,β-unsaturated/α-hetero) is 1. The molecule has 0 N–H and O–H groups in total. The monoisotopic (exact) mass is 293 g/mol. The summed E-state index contributed by atoms with van der Waals surface area (Å²) in [6.07, 6.45) is 4.59. The van der Waals surface area contributed by atoms with Gasteiger partial charge in [-0.05, 0) is 38.1 Å². The predicted molar refractivity (Wildman–Crippen MR) is 86.2 cm³/mol. The maximum Gasteiger partial charge on any atom is 0.169 e. The molecule has 1 rings (SSSR count). The lowest BCUT2D eigenvalue weighted by Gasteiger charge is -2.25. The van der Waals surface area contributed by atoms with Gasteiger partial charge in [0, 0.05) is 12.5 Å². The Bertz CT molecular complexity index is 425. The molecule has 0 radical (unpaired) electrons. The standard InChI is InChI=1S/C18H28FNO/c1-4-6-12-20(13-7-5-2)14-15(3)18(21)16-10-8-9-11-17(16)19/h8-11,15H,4-7,12-14H2,1-3H3. The number of hydrogen-bond acceptors (Lipinski definition) is 2. The number of benzene rings is 1. The number of hydrogen-bond donors (Lipinski definition) is 0. The van der Waals surface area contributed by atoms with Gasteiger partial charge in [-0.2, -0.15) is 0 Å². The molecule has 0 saturated heterocycles. The fourth-order valence-corrected chi connectivity index (χ4v) is 2.45. The minimum absolute atomic E-state index is 0.0916. The molecule has 0 bridgehead atoms. The average Bonchev–Trinajstić information content (AvgIpc) is 2.49. The molecule has 118 valence electrons. The lowest BCUT2D eigenvalue weighted by atomic mass is 9.98. The van der Waals surface area contributed by atoms with Crippen LogP contribution in [-0.4, -0.2) is 30.3 Å². The second-order valence-corrected chi connectivity index (χ2v) is 5.75. The smallest absolute Gasteiger partial charge is 0.169 e. The quantitative estimate of drug-likeness (QED) is 0.590. The van der Waals surface area contributed by atoms with Crippen molar-refractivity contribution >= 4 is 5.78 Å². The van der Waals surface area contributed by atoms with Gasteiger partial charge >= 0.3 is 0 Å².